The highest BCUT2D eigenvalue weighted by molar-refractivity contribution is 5.42. The van der Waals surface area contributed by atoms with Gasteiger partial charge < -0.3 is 10.2 Å². The molecule has 0 fully saturated rings. The monoisotopic (exact) mass is 466 g/mol. The molecule has 34 heavy (non-hydrogen) atoms. The lowest BCUT2D eigenvalue weighted by Gasteiger charge is -2.15. The van der Waals surface area contributed by atoms with E-state index < -0.39 is 0 Å². The molecule has 190 valence electrons. The SMILES string of the molecule is CCCCCCCCCc1c(O)cccc1CCc1cccc(O)c1CCCCCCCCC. The quantitative estimate of drug-likeness (QED) is 0.202. The van der Waals surface area contributed by atoms with Gasteiger partial charge in [0.05, 0.1) is 0 Å². The molecule has 0 saturated carbocycles. The highest BCUT2D eigenvalue weighted by atomic mass is 16.3. The Balaban J connectivity index is 1.88. The minimum Gasteiger partial charge on any atom is -0.508 e. The van der Waals surface area contributed by atoms with Gasteiger partial charge in [-0.15, -0.1) is 0 Å². The van der Waals surface area contributed by atoms with Gasteiger partial charge in [0.15, 0.2) is 0 Å². The topological polar surface area (TPSA) is 40.5 Å². The van der Waals surface area contributed by atoms with E-state index in [1.54, 1.807) is 0 Å². The van der Waals surface area contributed by atoms with Crippen molar-refractivity contribution in [1.29, 1.82) is 0 Å². The van der Waals surface area contributed by atoms with Crippen LogP contribution in [0.2, 0.25) is 0 Å². The van der Waals surface area contributed by atoms with E-state index >= 15 is 0 Å². The second-order valence-corrected chi connectivity index (χ2v) is 10.1. The first-order valence-corrected chi connectivity index (χ1v) is 14.3. The summed E-state index contributed by atoms with van der Waals surface area (Å²) in [5.74, 6) is 0.894. The molecule has 0 amide bonds. The Kier molecular flexibility index (Phi) is 14.5. The van der Waals surface area contributed by atoms with Gasteiger partial charge in [-0.05, 0) is 72.9 Å². The van der Waals surface area contributed by atoms with Crippen molar-refractivity contribution in [2.45, 2.75) is 129 Å². The third-order valence-corrected chi connectivity index (χ3v) is 7.22. The third kappa shape index (κ3) is 10.5. The zero-order valence-corrected chi connectivity index (χ0v) is 22.1. The van der Waals surface area contributed by atoms with E-state index in [9.17, 15) is 10.2 Å². The van der Waals surface area contributed by atoms with Gasteiger partial charge in [-0.25, -0.2) is 0 Å². The van der Waals surface area contributed by atoms with Crippen molar-refractivity contribution in [1.82, 2.24) is 0 Å². The number of hydrogen-bond acceptors (Lipinski definition) is 2. The molecular weight excluding hydrogens is 416 g/mol. The van der Waals surface area contributed by atoms with Crippen LogP contribution in [0.1, 0.15) is 126 Å². The van der Waals surface area contributed by atoms with E-state index in [4.69, 9.17) is 0 Å². The van der Waals surface area contributed by atoms with E-state index in [2.05, 4.69) is 26.0 Å². The molecule has 0 radical (unpaired) electrons. The van der Waals surface area contributed by atoms with Gasteiger partial charge in [0, 0.05) is 0 Å². The summed E-state index contributed by atoms with van der Waals surface area (Å²) in [6.45, 7) is 4.52. The molecule has 2 heteroatoms. The smallest absolute Gasteiger partial charge is 0.119 e. The molecule has 0 aliphatic heterocycles. The van der Waals surface area contributed by atoms with Gasteiger partial charge in [-0.3, -0.25) is 0 Å². The van der Waals surface area contributed by atoms with Crippen LogP contribution in [0.3, 0.4) is 0 Å². The Bertz CT molecular complexity index is 728. The summed E-state index contributed by atoms with van der Waals surface area (Å²) < 4.78 is 0. The van der Waals surface area contributed by atoms with Crippen molar-refractivity contribution < 1.29 is 10.2 Å². The predicted molar refractivity (Wildman–Crippen MR) is 147 cm³/mol. The van der Waals surface area contributed by atoms with Crippen LogP contribution in [0.4, 0.5) is 0 Å². The van der Waals surface area contributed by atoms with E-state index in [-0.39, 0.29) is 0 Å². The molecule has 0 aliphatic carbocycles. The minimum atomic E-state index is 0.447. The molecule has 0 bridgehead atoms. The fraction of sp³-hybridized carbons (Fsp3) is 0.625. The normalized spacial score (nSPS) is 11.2. The maximum atomic E-state index is 10.5. The Labute approximate surface area is 209 Å². The zero-order chi connectivity index (χ0) is 24.4. The molecule has 0 heterocycles. The highest BCUT2D eigenvalue weighted by Crippen LogP contribution is 2.28. The van der Waals surface area contributed by atoms with Gasteiger partial charge in [-0.1, -0.05) is 115 Å². The standard InChI is InChI=1S/C32H50O2/c1-3-5-7-9-11-13-15-21-29-27(19-17-23-31(29)33)25-26-28-20-18-24-32(34)30(28)22-16-14-12-10-8-6-4-2/h17-20,23-24,33-34H,3-16,21-22,25-26H2,1-2H3. The van der Waals surface area contributed by atoms with Gasteiger partial charge in [-0.2, -0.15) is 0 Å². The molecule has 2 nitrogen and oxygen atoms in total. The van der Waals surface area contributed by atoms with Crippen molar-refractivity contribution in [3.8, 4) is 11.5 Å². The lowest BCUT2D eigenvalue weighted by Crippen LogP contribution is -2.01. The zero-order valence-electron chi connectivity index (χ0n) is 22.1. The van der Waals surface area contributed by atoms with E-state index in [1.807, 2.05) is 24.3 Å². The van der Waals surface area contributed by atoms with Crippen LogP contribution in [0.15, 0.2) is 36.4 Å². The first kappa shape index (κ1) is 28.3. The lowest BCUT2D eigenvalue weighted by molar-refractivity contribution is 0.463. The van der Waals surface area contributed by atoms with Crippen LogP contribution in [-0.2, 0) is 25.7 Å². The lowest BCUT2D eigenvalue weighted by atomic mass is 9.92. The number of hydrogen-bond donors (Lipinski definition) is 2. The van der Waals surface area contributed by atoms with Gasteiger partial charge in [0.1, 0.15) is 11.5 Å². The summed E-state index contributed by atoms with van der Waals surface area (Å²) >= 11 is 0. The van der Waals surface area contributed by atoms with Crippen LogP contribution in [0.25, 0.3) is 0 Å². The fourth-order valence-corrected chi connectivity index (χ4v) is 5.07. The molecule has 2 aromatic rings. The maximum Gasteiger partial charge on any atom is 0.119 e. The summed E-state index contributed by atoms with van der Waals surface area (Å²) in [4.78, 5) is 0. The van der Waals surface area contributed by atoms with E-state index in [0.717, 1.165) is 49.7 Å². The summed E-state index contributed by atoms with van der Waals surface area (Å²) in [5, 5.41) is 21.1. The van der Waals surface area contributed by atoms with Crippen molar-refractivity contribution in [2.75, 3.05) is 0 Å². The van der Waals surface area contributed by atoms with Crippen molar-refractivity contribution in [3.63, 3.8) is 0 Å². The summed E-state index contributed by atoms with van der Waals surface area (Å²) in [5.41, 5.74) is 4.78. The van der Waals surface area contributed by atoms with E-state index in [0.29, 0.717) is 11.5 Å². The average molecular weight is 467 g/mol. The minimum absolute atomic E-state index is 0.447. The van der Waals surface area contributed by atoms with Gasteiger partial charge >= 0.3 is 0 Å². The Hall–Kier alpha value is -1.96. The Morgan fingerprint density at radius 2 is 0.794 bits per heavy atom. The van der Waals surface area contributed by atoms with Gasteiger partial charge in [0.2, 0.25) is 0 Å². The summed E-state index contributed by atoms with van der Waals surface area (Å²) in [7, 11) is 0. The molecule has 2 aromatic carbocycles. The molecule has 0 spiro atoms. The highest BCUT2D eigenvalue weighted by Gasteiger charge is 2.11. The Morgan fingerprint density at radius 3 is 1.18 bits per heavy atom. The predicted octanol–water partition coefficient (Wildman–Crippen LogP) is 9.47. The van der Waals surface area contributed by atoms with Crippen molar-refractivity contribution in [2.24, 2.45) is 0 Å². The second-order valence-electron chi connectivity index (χ2n) is 10.1. The number of phenolic OH excluding ortho intramolecular Hbond substituents is 2. The van der Waals surface area contributed by atoms with Crippen LogP contribution < -0.4 is 0 Å². The number of rotatable bonds is 19. The first-order chi connectivity index (χ1) is 16.7. The number of phenols is 2. The number of unbranched alkanes of at least 4 members (excludes halogenated alkanes) is 12. The number of aryl methyl sites for hydroxylation is 2. The number of aromatic hydroxyl groups is 2. The van der Waals surface area contributed by atoms with Crippen LogP contribution in [-0.4, -0.2) is 10.2 Å². The van der Waals surface area contributed by atoms with Crippen LogP contribution in [0, 0.1) is 0 Å². The molecule has 0 saturated heterocycles. The van der Waals surface area contributed by atoms with Crippen molar-refractivity contribution in [3.05, 3.63) is 58.7 Å². The first-order valence-electron chi connectivity index (χ1n) is 14.3. The molecule has 2 N–H and O–H groups in total. The van der Waals surface area contributed by atoms with Crippen LogP contribution >= 0.6 is 0 Å². The van der Waals surface area contributed by atoms with Crippen molar-refractivity contribution >= 4 is 0 Å². The molecule has 0 aliphatic rings. The third-order valence-electron chi connectivity index (χ3n) is 7.22. The fourth-order valence-electron chi connectivity index (χ4n) is 5.07. The molecular formula is C32H50O2. The number of benzene rings is 2. The summed E-state index contributed by atoms with van der Waals surface area (Å²) in [6, 6.07) is 12.0. The van der Waals surface area contributed by atoms with E-state index in [1.165, 1.54) is 88.2 Å². The molecule has 2 rings (SSSR count). The second kappa shape index (κ2) is 17.5. The largest absolute Gasteiger partial charge is 0.508 e. The van der Waals surface area contributed by atoms with Crippen LogP contribution in [0.5, 0.6) is 11.5 Å². The maximum absolute atomic E-state index is 10.5. The Morgan fingerprint density at radius 1 is 0.441 bits per heavy atom. The molecule has 0 atom stereocenters. The summed E-state index contributed by atoms with van der Waals surface area (Å²) in [6.07, 6.45) is 21.8. The van der Waals surface area contributed by atoms with Gasteiger partial charge in [0.25, 0.3) is 0 Å². The molecule has 0 unspecified atom stereocenters. The molecule has 0 aromatic heterocycles. The average Bonchev–Trinajstić information content (AvgIpc) is 2.83.